The third-order valence-electron chi connectivity index (χ3n) is 4.59. The number of esters is 2. The third kappa shape index (κ3) is 5.06. The standard InChI is InChI=1S/C19H27NO5S/c1-4-24-18(22)15-12(3)16(19(23)25-5-2)26-17(15)20-14(21)11-10-13-8-6-7-9-13/h13H,4-11H2,1-3H3,(H,20,21). The second kappa shape index (κ2) is 9.71. The zero-order valence-corrected chi connectivity index (χ0v) is 16.5. The van der Waals surface area contributed by atoms with Crippen LogP contribution < -0.4 is 5.32 Å². The number of carbonyl (C=O) groups excluding carboxylic acids is 3. The average Bonchev–Trinajstić information content (AvgIpc) is 3.21. The smallest absolute Gasteiger partial charge is 0.348 e. The number of hydrogen-bond donors (Lipinski definition) is 1. The molecular weight excluding hydrogens is 354 g/mol. The van der Waals surface area contributed by atoms with Crippen molar-refractivity contribution >= 4 is 34.2 Å². The lowest BCUT2D eigenvalue weighted by molar-refractivity contribution is -0.116. The lowest BCUT2D eigenvalue weighted by Gasteiger charge is -2.09. The van der Waals surface area contributed by atoms with Gasteiger partial charge in [-0.2, -0.15) is 0 Å². The Balaban J connectivity index is 2.15. The van der Waals surface area contributed by atoms with Gasteiger partial charge < -0.3 is 14.8 Å². The number of nitrogens with one attached hydrogen (secondary N) is 1. The van der Waals surface area contributed by atoms with Gasteiger partial charge in [0, 0.05) is 6.42 Å². The molecule has 1 saturated carbocycles. The maximum atomic E-state index is 12.3. The van der Waals surface area contributed by atoms with Crippen LogP contribution in [0.15, 0.2) is 0 Å². The molecule has 1 N–H and O–H groups in total. The lowest BCUT2D eigenvalue weighted by atomic mass is 10.0. The van der Waals surface area contributed by atoms with E-state index in [-0.39, 0.29) is 24.7 Å². The Morgan fingerprint density at radius 3 is 2.31 bits per heavy atom. The van der Waals surface area contributed by atoms with Crippen molar-refractivity contribution in [1.82, 2.24) is 0 Å². The first kappa shape index (κ1) is 20.4. The molecule has 1 aliphatic carbocycles. The molecule has 0 aliphatic heterocycles. The number of ether oxygens (including phenoxy) is 2. The van der Waals surface area contributed by atoms with Crippen LogP contribution in [0.1, 0.15) is 78.0 Å². The molecule has 0 spiro atoms. The van der Waals surface area contributed by atoms with Gasteiger partial charge in [0.25, 0.3) is 0 Å². The molecule has 1 amide bonds. The minimum atomic E-state index is -0.539. The van der Waals surface area contributed by atoms with Crippen LogP contribution in [0.25, 0.3) is 0 Å². The van der Waals surface area contributed by atoms with Crippen molar-refractivity contribution < 1.29 is 23.9 Å². The van der Waals surface area contributed by atoms with Crippen LogP contribution in [0.4, 0.5) is 5.00 Å². The number of thiophene rings is 1. The molecule has 0 saturated heterocycles. The van der Waals surface area contributed by atoms with Gasteiger partial charge in [-0.1, -0.05) is 25.7 Å². The summed E-state index contributed by atoms with van der Waals surface area (Å²) in [5, 5.41) is 3.16. The van der Waals surface area contributed by atoms with Crippen molar-refractivity contribution in [2.45, 2.75) is 59.3 Å². The van der Waals surface area contributed by atoms with E-state index in [2.05, 4.69) is 5.32 Å². The molecule has 26 heavy (non-hydrogen) atoms. The monoisotopic (exact) mass is 381 g/mol. The van der Waals surface area contributed by atoms with Crippen LogP contribution >= 0.6 is 11.3 Å². The van der Waals surface area contributed by atoms with E-state index >= 15 is 0 Å². The van der Waals surface area contributed by atoms with Gasteiger partial charge >= 0.3 is 11.9 Å². The summed E-state index contributed by atoms with van der Waals surface area (Å²) >= 11 is 1.07. The molecule has 0 bridgehead atoms. The molecule has 144 valence electrons. The van der Waals surface area contributed by atoms with Crippen molar-refractivity contribution in [2.75, 3.05) is 18.5 Å². The lowest BCUT2D eigenvalue weighted by Crippen LogP contribution is -2.15. The predicted octanol–water partition coefficient (Wildman–Crippen LogP) is 4.32. The number of anilines is 1. The Morgan fingerprint density at radius 1 is 1.08 bits per heavy atom. The molecule has 1 aliphatic rings. The summed E-state index contributed by atoms with van der Waals surface area (Å²) in [6.45, 7) is 5.57. The molecule has 0 radical (unpaired) electrons. The Morgan fingerprint density at radius 2 is 1.69 bits per heavy atom. The normalized spacial score (nSPS) is 14.3. The van der Waals surface area contributed by atoms with Gasteiger partial charge in [-0.25, -0.2) is 9.59 Å². The van der Waals surface area contributed by atoms with Crippen LogP contribution in [0.5, 0.6) is 0 Å². The van der Waals surface area contributed by atoms with E-state index in [0.29, 0.717) is 27.8 Å². The van der Waals surface area contributed by atoms with E-state index < -0.39 is 11.9 Å². The van der Waals surface area contributed by atoms with Gasteiger partial charge in [-0.3, -0.25) is 4.79 Å². The second-order valence-corrected chi connectivity index (χ2v) is 7.46. The fraction of sp³-hybridized carbons (Fsp3) is 0.632. The summed E-state index contributed by atoms with van der Waals surface area (Å²) < 4.78 is 10.1. The molecule has 6 nitrogen and oxygen atoms in total. The van der Waals surface area contributed by atoms with Crippen molar-refractivity contribution in [3.8, 4) is 0 Å². The predicted molar refractivity (Wildman–Crippen MR) is 101 cm³/mol. The van der Waals surface area contributed by atoms with Crippen LogP contribution in [0.2, 0.25) is 0 Å². The van der Waals surface area contributed by atoms with E-state index in [1.54, 1.807) is 20.8 Å². The molecule has 2 rings (SSSR count). The van der Waals surface area contributed by atoms with Gasteiger partial charge in [0.15, 0.2) is 0 Å². The Labute approximate surface area is 158 Å². The van der Waals surface area contributed by atoms with Gasteiger partial charge in [0.1, 0.15) is 9.88 Å². The first-order valence-corrected chi connectivity index (χ1v) is 10.1. The maximum absolute atomic E-state index is 12.3. The first-order valence-electron chi connectivity index (χ1n) is 9.25. The summed E-state index contributed by atoms with van der Waals surface area (Å²) in [6.07, 6.45) is 6.13. The quantitative estimate of drug-likeness (QED) is 0.678. The summed E-state index contributed by atoms with van der Waals surface area (Å²) in [5.41, 5.74) is 0.729. The van der Waals surface area contributed by atoms with Gasteiger partial charge in [0.05, 0.1) is 18.8 Å². The van der Waals surface area contributed by atoms with E-state index in [0.717, 1.165) is 17.8 Å². The largest absolute Gasteiger partial charge is 0.462 e. The van der Waals surface area contributed by atoms with E-state index in [1.807, 2.05) is 0 Å². The van der Waals surface area contributed by atoms with Crippen molar-refractivity contribution in [2.24, 2.45) is 5.92 Å². The fourth-order valence-electron chi connectivity index (χ4n) is 3.27. The Hall–Kier alpha value is -1.89. The van der Waals surface area contributed by atoms with Crippen LogP contribution in [0, 0.1) is 12.8 Å². The molecule has 1 heterocycles. The number of rotatable bonds is 8. The molecule has 1 aromatic heterocycles. The molecule has 7 heteroatoms. The van der Waals surface area contributed by atoms with Crippen LogP contribution in [-0.2, 0) is 14.3 Å². The van der Waals surface area contributed by atoms with Crippen LogP contribution in [0.3, 0.4) is 0 Å². The highest BCUT2D eigenvalue weighted by atomic mass is 32.1. The van der Waals surface area contributed by atoms with Crippen molar-refractivity contribution in [1.29, 1.82) is 0 Å². The number of carbonyl (C=O) groups is 3. The Kier molecular flexibility index (Phi) is 7.63. The molecule has 0 aromatic carbocycles. The summed E-state index contributed by atoms with van der Waals surface area (Å²) in [5.74, 6) is -0.556. The molecular formula is C19H27NO5S. The zero-order chi connectivity index (χ0) is 19.1. The van der Waals surface area contributed by atoms with Gasteiger partial charge in [-0.15, -0.1) is 11.3 Å². The highest BCUT2D eigenvalue weighted by molar-refractivity contribution is 7.18. The Bertz CT molecular complexity index is 661. The second-order valence-electron chi connectivity index (χ2n) is 6.44. The van der Waals surface area contributed by atoms with E-state index in [4.69, 9.17) is 9.47 Å². The minimum absolute atomic E-state index is 0.140. The number of amides is 1. The third-order valence-corrected chi connectivity index (χ3v) is 5.78. The van der Waals surface area contributed by atoms with Crippen LogP contribution in [-0.4, -0.2) is 31.1 Å². The average molecular weight is 381 g/mol. The maximum Gasteiger partial charge on any atom is 0.348 e. The minimum Gasteiger partial charge on any atom is -0.462 e. The van der Waals surface area contributed by atoms with Gasteiger partial charge in [0.2, 0.25) is 5.91 Å². The van der Waals surface area contributed by atoms with E-state index in [1.165, 1.54) is 25.7 Å². The topological polar surface area (TPSA) is 81.7 Å². The van der Waals surface area contributed by atoms with Crippen molar-refractivity contribution in [3.63, 3.8) is 0 Å². The molecule has 0 unspecified atom stereocenters. The summed E-state index contributed by atoms with van der Waals surface area (Å²) in [4.78, 5) is 37.1. The summed E-state index contributed by atoms with van der Waals surface area (Å²) in [6, 6.07) is 0. The highest BCUT2D eigenvalue weighted by Crippen LogP contribution is 2.35. The zero-order valence-electron chi connectivity index (χ0n) is 15.7. The fourth-order valence-corrected chi connectivity index (χ4v) is 4.37. The molecule has 0 atom stereocenters. The molecule has 1 fully saturated rings. The summed E-state index contributed by atoms with van der Waals surface area (Å²) in [7, 11) is 0. The van der Waals surface area contributed by atoms with Gasteiger partial charge in [-0.05, 0) is 38.7 Å². The highest BCUT2D eigenvalue weighted by Gasteiger charge is 2.27. The first-order chi connectivity index (χ1) is 12.5. The molecule has 1 aromatic rings. The SMILES string of the molecule is CCOC(=O)c1sc(NC(=O)CCC2CCCC2)c(C(=O)OCC)c1C. The van der Waals surface area contributed by atoms with E-state index in [9.17, 15) is 14.4 Å². The van der Waals surface area contributed by atoms with Crippen molar-refractivity contribution in [3.05, 3.63) is 16.0 Å². The number of hydrogen-bond acceptors (Lipinski definition) is 6.